The number of hydrogen-bond acceptors (Lipinski definition) is 6. The topological polar surface area (TPSA) is 80.0 Å². The van der Waals surface area contributed by atoms with Crippen molar-refractivity contribution in [2.45, 2.75) is 43.7 Å². The molecule has 8 nitrogen and oxygen atoms in total. The van der Waals surface area contributed by atoms with E-state index in [1.165, 1.54) is 25.0 Å². The van der Waals surface area contributed by atoms with Crippen LogP contribution in [0.2, 0.25) is 0 Å². The van der Waals surface area contributed by atoms with Crippen molar-refractivity contribution in [1.82, 2.24) is 35.0 Å². The van der Waals surface area contributed by atoms with Crippen LogP contribution in [0.1, 0.15) is 54.5 Å². The van der Waals surface area contributed by atoms with Crippen LogP contribution in [-0.4, -0.2) is 68.1 Å². The normalized spacial score (nSPS) is 23.5. The molecule has 2 aliphatic rings. The summed E-state index contributed by atoms with van der Waals surface area (Å²) in [5.74, 6) is 0.173. The predicted molar refractivity (Wildman–Crippen MR) is 95.4 cm³/mol. The molecular weight excluding hydrogens is 349 g/mol. The van der Waals surface area contributed by atoms with E-state index in [9.17, 15) is 9.18 Å². The molecule has 0 bridgehead atoms. The number of carbonyl (C=O) groups excluding carboxylic acids is 1. The van der Waals surface area contributed by atoms with Crippen molar-refractivity contribution < 1.29 is 9.18 Å². The molecule has 9 heteroatoms. The lowest BCUT2D eigenvalue weighted by molar-refractivity contribution is 0.0731. The smallest absolute Gasteiger partial charge is 0.272 e. The quantitative estimate of drug-likeness (QED) is 0.810. The lowest BCUT2D eigenvalue weighted by Crippen LogP contribution is -2.47. The number of pyridine rings is 1. The third-order valence-corrected chi connectivity index (χ3v) is 5.92. The van der Waals surface area contributed by atoms with E-state index < -0.39 is 11.4 Å². The molecule has 0 N–H and O–H groups in total. The number of likely N-dealkylation sites (N-methyl/N-ethyl adjacent to an activating group) is 1. The van der Waals surface area contributed by atoms with Gasteiger partial charge in [0.1, 0.15) is 17.1 Å². The Morgan fingerprint density at radius 1 is 1.30 bits per heavy atom. The Morgan fingerprint density at radius 3 is 2.74 bits per heavy atom. The van der Waals surface area contributed by atoms with E-state index in [-0.39, 0.29) is 11.6 Å². The molecule has 1 saturated heterocycles. The Labute approximate surface area is 157 Å². The van der Waals surface area contributed by atoms with Gasteiger partial charge in [-0.25, -0.2) is 14.1 Å². The average Bonchev–Trinajstić information content (AvgIpc) is 3.40. The number of aromatic nitrogens is 5. The number of nitrogens with zero attached hydrogens (tertiary/aromatic N) is 7. The molecule has 0 aromatic carbocycles. The molecule has 4 rings (SSSR count). The van der Waals surface area contributed by atoms with Gasteiger partial charge in [0.05, 0.1) is 12.2 Å². The van der Waals surface area contributed by atoms with Crippen molar-refractivity contribution >= 4 is 5.91 Å². The fourth-order valence-electron chi connectivity index (χ4n) is 4.27. The zero-order valence-electron chi connectivity index (χ0n) is 15.7. The first kappa shape index (κ1) is 18.0. The van der Waals surface area contributed by atoms with Crippen LogP contribution in [0.5, 0.6) is 0 Å². The Morgan fingerprint density at radius 2 is 2.07 bits per heavy atom. The van der Waals surface area contributed by atoms with E-state index in [1.807, 2.05) is 18.8 Å². The number of rotatable bonds is 4. The highest BCUT2D eigenvalue weighted by molar-refractivity contribution is 5.92. The number of carbonyl (C=O) groups is 1. The lowest BCUT2D eigenvalue weighted by Gasteiger charge is -2.35. The second kappa shape index (κ2) is 6.95. The zero-order valence-corrected chi connectivity index (χ0v) is 15.7. The van der Waals surface area contributed by atoms with Gasteiger partial charge in [-0.2, -0.15) is 0 Å². The highest BCUT2D eigenvalue weighted by Gasteiger charge is 2.48. The van der Waals surface area contributed by atoms with Gasteiger partial charge in [-0.15, -0.1) is 5.10 Å². The molecule has 2 aromatic heterocycles. The fourth-order valence-corrected chi connectivity index (χ4v) is 4.27. The van der Waals surface area contributed by atoms with E-state index in [2.05, 4.69) is 25.4 Å². The first-order chi connectivity index (χ1) is 13.0. The number of halogens is 1. The van der Waals surface area contributed by atoms with Gasteiger partial charge in [-0.1, -0.05) is 12.8 Å². The molecule has 1 aliphatic heterocycles. The first-order valence-electron chi connectivity index (χ1n) is 9.38. The molecule has 2 fully saturated rings. The maximum Gasteiger partial charge on any atom is 0.272 e. The van der Waals surface area contributed by atoms with Crippen molar-refractivity contribution in [1.29, 1.82) is 0 Å². The average molecular weight is 373 g/mol. The number of likely N-dealkylation sites (tertiary alicyclic amines) is 1. The van der Waals surface area contributed by atoms with E-state index in [0.717, 1.165) is 31.3 Å². The summed E-state index contributed by atoms with van der Waals surface area (Å²) in [6, 6.07) is 3.02. The Bertz CT molecular complexity index is 815. The van der Waals surface area contributed by atoms with Gasteiger partial charge >= 0.3 is 0 Å². The van der Waals surface area contributed by atoms with E-state index >= 15 is 0 Å². The van der Waals surface area contributed by atoms with Crippen LogP contribution in [0.3, 0.4) is 0 Å². The molecule has 0 radical (unpaired) electrons. The maximum absolute atomic E-state index is 13.1. The summed E-state index contributed by atoms with van der Waals surface area (Å²) in [6.07, 6.45) is 6.37. The first-order valence-corrected chi connectivity index (χ1v) is 9.38. The summed E-state index contributed by atoms with van der Waals surface area (Å²) >= 11 is 0. The lowest BCUT2D eigenvalue weighted by atomic mass is 9.95. The standard InChI is InChI=1S/C18H24FN7O/c1-24(2)18(17-21-22-23-26(17)14-5-3-4-6-14)9-10-25(12-18)16(27)15-8-7-13(19)11-20-15/h7-8,11,14H,3-6,9-10,12H2,1-2H3. The number of tetrazole rings is 1. The third-order valence-electron chi connectivity index (χ3n) is 5.92. The highest BCUT2D eigenvalue weighted by Crippen LogP contribution is 2.38. The molecular formula is C18H24FN7O. The summed E-state index contributed by atoms with van der Waals surface area (Å²) in [7, 11) is 4.00. The fraction of sp³-hybridized carbons (Fsp3) is 0.611. The van der Waals surface area contributed by atoms with Crippen molar-refractivity contribution in [3.05, 3.63) is 35.7 Å². The van der Waals surface area contributed by atoms with E-state index in [4.69, 9.17) is 0 Å². The molecule has 1 amide bonds. The van der Waals surface area contributed by atoms with Crippen LogP contribution in [0.15, 0.2) is 18.3 Å². The zero-order chi connectivity index (χ0) is 19.0. The van der Waals surface area contributed by atoms with Crippen molar-refractivity contribution in [2.24, 2.45) is 0 Å². The summed E-state index contributed by atoms with van der Waals surface area (Å²) in [4.78, 5) is 20.6. The Kier molecular flexibility index (Phi) is 4.63. The van der Waals surface area contributed by atoms with Crippen molar-refractivity contribution in [3.63, 3.8) is 0 Å². The van der Waals surface area contributed by atoms with Gasteiger partial charge in [0.2, 0.25) is 0 Å². The Hall–Kier alpha value is -2.42. The summed E-state index contributed by atoms with van der Waals surface area (Å²) < 4.78 is 15.1. The van der Waals surface area contributed by atoms with Gasteiger partial charge < -0.3 is 4.90 Å². The van der Waals surface area contributed by atoms with Gasteiger partial charge in [0.15, 0.2) is 5.82 Å². The van der Waals surface area contributed by atoms with Gasteiger partial charge in [-0.05, 0) is 55.9 Å². The number of hydrogen-bond donors (Lipinski definition) is 0. The minimum Gasteiger partial charge on any atom is -0.335 e. The molecule has 1 aliphatic carbocycles. The van der Waals surface area contributed by atoms with Crippen LogP contribution in [0.25, 0.3) is 0 Å². The summed E-state index contributed by atoms with van der Waals surface area (Å²) in [5, 5.41) is 12.6. The predicted octanol–water partition coefficient (Wildman–Crippen LogP) is 1.63. The third kappa shape index (κ3) is 3.09. The van der Waals surface area contributed by atoms with Crippen LogP contribution >= 0.6 is 0 Å². The van der Waals surface area contributed by atoms with Crippen molar-refractivity contribution in [3.8, 4) is 0 Å². The van der Waals surface area contributed by atoms with Crippen molar-refractivity contribution in [2.75, 3.05) is 27.2 Å². The second-order valence-corrected chi connectivity index (χ2v) is 7.65. The van der Waals surface area contributed by atoms with Crippen LogP contribution in [-0.2, 0) is 5.54 Å². The molecule has 1 unspecified atom stereocenters. The molecule has 2 aromatic rings. The van der Waals surface area contributed by atoms with E-state index in [1.54, 1.807) is 4.90 Å². The minimum atomic E-state index is -0.452. The molecule has 0 spiro atoms. The minimum absolute atomic E-state index is 0.196. The highest BCUT2D eigenvalue weighted by atomic mass is 19.1. The summed E-state index contributed by atoms with van der Waals surface area (Å²) in [6.45, 7) is 1.05. The maximum atomic E-state index is 13.1. The monoisotopic (exact) mass is 373 g/mol. The number of amides is 1. The molecule has 1 saturated carbocycles. The molecule has 3 heterocycles. The van der Waals surface area contributed by atoms with Gasteiger partial charge in [-0.3, -0.25) is 9.69 Å². The van der Waals surface area contributed by atoms with Crippen LogP contribution < -0.4 is 0 Å². The molecule has 1 atom stereocenters. The molecule has 27 heavy (non-hydrogen) atoms. The van der Waals surface area contributed by atoms with Gasteiger partial charge in [0, 0.05) is 13.1 Å². The Balaban J connectivity index is 1.62. The SMILES string of the molecule is CN(C)C1(c2nnnn2C2CCCC2)CCN(C(=O)c2ccc(F)cn2)C1. The van der Waals surface area contributed by atoms with E-state index in [0.29, 0.717) is 19.1 Å². The second-order valence-electron chi connectivity index (χ2n) is 7.65. The largest absolute Gasteiger partial charge is 0.335 e. The molecule has 144 valence electrons. The summed E-state index contributed by atoms with van der Waals surface area (Å²) in [5.41, 5.74) is -0.191. The van der Waals surface area contributed by atoms with Crippen LogP contribution in [0.4, 0.5) is 4.39 Å². The van der Waals surface area contributed by atoms with Gasteiger partial charge in [0.25, 0.3) is 5.91 Å². The van der Waals surface area contributed by atoms with Crippen LogP contribution in [0, 0.1) is 5.82 Å².